The number of rotatable bonds is 9. The Bertz CT molecular complexity index is 836. The van der Waals surface area contributed by atoms with Gasteiger partial charge >= 0.3 is 6.03 Å². The molecule has 0 aliphatic rings. The van der Waals surface area contributed by atoms with Gasteiger partial charge < -0.3 is 20.1 Å². The van der Waals surface area contributed by atoms with E-state index in [1.165, 1.54) is 12.1 Å². The number of urea groups is 1. The summed E-state index contributed by atoms with van der Waals surface area (Å²) < 4.78 is 33.1. The summed E-state index contributed by atoms with van der Waals surface area (Å²) in [4.78, 5) is 11.8. The lowest BCUT2D eigenvalue weighted by Gasteiger charge is -2.10. The van der Waals surface area contributed by atoms with Crippen LogP contribution in [0.5, 0.6) is 11.5 Å². The first kappa shape index (κ1) is 20.5. The van der Waals surface area contributed by atoms with E-state index in [1.807, 2.05) is 6.92 Å². The van der Waals surface area contributed by atoms with Crippen LogP contribution in [-0.2, 0) is 16.4 Å². The van der Waals surface area contributed by atoms with Gasteiger partial charge in [0.2, 0.25) is 10.0 Å². The minimum absolute atomic E-state index is 0.0306. The van der Waals surface area contributed by atoms with E-state index in [9.17, 15) is 13.2 Å². The second kappa shape index (κ2) is 9.79. The molecule has 2 aromatic rings. The number of ether oxygens (including phenoxy) is 2. The van der Waals surface area contributed by atoms with E-state index in [0.29, 0.717) is 25.3 Å². The Hall–Kier alpha value is -2.78. The molecule has 0 heterocycles. The molecule has 4 N–H and O–H groups in total. The van der Waals surface area contributed by atoms with Crippen LogP contribution in [0.4, 0.5) is 4.79 Å². The van der Waals surface area contributed by atoms with Gasteiger partial charge in [-0.15, -0.1) is 0 Å². The van der Waals surface area contributed by atoms with Gasteiger partial charge in [-0.3, -0.25) is 0 Å². The number of carbonyl (C=O) groups is 1. The molecule has 0 bridgehead atoms. The SMILES string of the molecule is CCOc1ccc(OCNC(=O)NCCc2ccc(S(N)(=O)=O)cc2)cc1. The molecule has 0 spiro atoms. The fourth-order valence-electron chi connectivity index (χ4n) is 2.21. The van der Waals surface area contributed by atoms with Crippen LogP contribution in [0.15, 0.2) is 53.4 Å². The normalized spacial score (nSPS) is 10.9. The van der Waals surface area contributed by atoms with Crippen molar-refractivity contribution < 1.29 is 22.7 Å². The van der Waals surface area contributed by atoms with Gasteiger partial charge in [-0.25, -0.2) is 18.4 Å². The molecule has 2 rings (SSSR count). The lowest BCUT2D eigenvalue weighted by Crippen LogP contribution is -2.38. The van der Waals surface area contributed by atoms with Gasteiger partial charge in [-0.1, -0.05) is 12.1 Å². The molecule has 0 saturated carbocycles. The number of benzene rings is 2. The summed E-state index contributed by atoms with van der Waals surface area (Å²) in [5.41, 5.74) is 0.883. The van der Waals surface area contributed by atoms with Gasteiger partial charge in [-0.05, 0) is 55.3 Å². The van der Waals surface area contributed by atoms with Gasteiger partial charge in [0.1, 0.15) is 11.5 Å². The molecule has 0 aliphatic carbocycles. The number of amides is 2. The Morgan fingerprint density at radius 2 is 1.56 bits per heavy atom. The number of hydrogen-bond acceptors (Lipinski definition) is 5. The fourth-order valence-corrected chi connectivity index (χ4v) is 2.73. The van der Waals surface area contributed by atoms with Crippen molar-refractivity contribution in [2.24, 2.45) is 5.14 Å². The van der Waals surface area contributed by atoms with Gasteiger partial charge in [0.25, 0.3) is 0 Å². The summed E-state index contributed by atoms with van der Waals surface area (Å²) in [5, 5.41) is 10.3. The van der Waals surface area contributed by atoms with Crippen LogP contribution in [0.25, 0.3) is 0 Å². The highest BCUT2D eigenvalue weighted by Crippen LogP contribution is 2.17. The van der Waals surface area contributed by atoms with Crippen LogP contribution < -0.4 is 25.2 Å². The van der Waals surface area contributed by atoms with E-state index in [-0.39, 0.29) is 17.7 Å². The summed E-state index contributed by atoms with van der Waals surface area (Å²) in [6, 6.07) is 12.9. The fraction of sp³-hybridized carbons (Fsp3) is 0.278. The smallest absolute Gasteiger partial charge is 0.317 e. The Balaban J connectivity index is 1.66. The van der Waals surface area contributed by atoms with Crippen molar-refractivity contribution in [3.05, 3.63) is 54.1 Å². The first-order valence-corrected chi connectivity index (χ1v) is 9.92. The van der Waals surface area contributed by atoms with Gasteiger partial charge in [0, 0.05) is 6.54 Å². The van der Waals surface area contributed by atoms with E-state index >= 15 is 0 Å². The molecule has 27 heavy (non-hydrogen) atoms. The number of carbonyl (C=O) groups excluding carboxylic acids is 1. The Labute approximate surface area is 158 Å². The standard InChI is InChI=1S/C18H23N3O5S/c1-2-25-15-5-7-16(8-6-15)26-13-21-18(22)20-12-11-14-3-9-17(10-4-14)27(19,23)24/h3-10H,2,11-13H2,1H3,(H2,19,23,24)(H2,20,21,22). The van der Waals surface area contributed by atoms with Gasteiger partial charge in [0.05, 0.1) is 11.5 Å². The zero-order valence-electron chi connectivity index (χ0n) is 15.0. The summed E-state index contributed by atoms with van der Waals surface area (Å²) >= 11 is 0. The highest BCUT2D eigenvalue weighted by molar-refractivity contribution is 7.89. The number of nitrogens with one attached hydrogen (secondary N) is 2. The zero-order valence-corrected chi connectivity index (χ0v) is 15.8. The average Bonchev–Trinajstić information content (AvgIpc) is 2.63. The molecule has 2 amide bonds. The van der Waals surface area contributed by atoms with E-state index in [2.05, 4.69) is 10.6 Å². The van der Waals surface area contributed by atoms with Crippen molar-refractivity contribution >= 4 is 16.1 Å². The highest BCUT2D eigenvalue weighted by Gasteiger charge is 2.07. The summed E-state index contributed by atoms with van der Waals surface area (Å²) in [6.45, 7) is 2.93. The summed E-state index contributed by atoms with van der Waals surface area (Å²) in [7, 11) is -3.69. The second-order valence-corrected chi connectivity index (χ2v) is 7.13. The first-order valence-electron chi connectivity index (χ1n) is 8.37. The molecule has 2 aromatic carbocycles. The van der Waals surface area contributed by atoms with Gasteiger partial charge in [0.15, 0.2) is 6.73 Å². The van der Waals surface area contributed by atoms with Crippen molar-refractivity contribution in [1.82, 2.24) is 10.6 Å². The third kappa shape index (κ3) is 7.16. The maximum absolute atomic E-state index is 11.7. The molecule has 0 saturated heterocycles. The topological polar surface area (TPSA) is 120 Å². The number of hydrogen-bond donors (Lipinski definition) is 3. The second-order valence-electron chi connectivity index (χ2n) is 5.56. The molecule has 0 radical (unpaired) electrons. The molecule has 0 aromatic heterocycles. The van der Waals surface area contributed by atoms with Crippen LogP contribution >= 0.6 is 0 Å². The zero-order chi connectivity index (χ0) is 19.7. The predicted molar refractivity (Wildman–Crippen MR) is 101 cm³/mol. The van der Waals surface area contributed by atoms with Crippen LogP contribution in [-0.4, -0.2) is 34.3 Å². The molecule has 8 nitrogen and oxygen atoms in total. The third-order valence-corrected chi connectivity index (χ3v) is 4.49. The van der Waals surface area contributed by atoms with Crippen LogP contribution in [0.1, 0.15) is 12.5 Å². The molecule has 0 fully saturated rings. The predicted octanol–water partition coefficient (Wildman–Crippen LogP) is 1.61. The van der Waals surface area contributed by atoms with Crippen LogP contribution in [0, 0.1) is 0 Å². The monoisotopic (exact) mass is 393 g/mol. The molecular weight excluding hydrogens is 370 g/mol. The molecule has 0 aliphatic heterocycles. The average molecular weight is 393 g/mol. The molecular formula is C18H23N3O5S. The van der Waals surface area contributed by atoms with E-state index in [1.54, 1.807) is 36.4 Å². The van der Waals surface area contributed by atoms with Crippen molar-refractivity contribution in [2.45, 2.75) is 18.2 Å². The Kier molecular flexibility index (Phi) is 7.44. The lowest BCUT2D eigenvalue weighted by molar-refractivity contribution is 0.224. The third-order valence-electron chi connectivity index (χ3n) is 3.56. The van der Waals surface area contributed by atoms with Crippen molar-refractivity contribution in [3.8, 4) is 11.5 Å². The molecule has 146 valence electrons. The number of sulfonamides is 1. The molecule has 9 heteroatoms. The van der Waals surface area contributed by atoms with Crippen molar-refractivity contribution in [1.29, 1.82) is 0 Å². The minimum Gasteiger partial charge on any atom is -0.494 e. The summed E-state index contributed by atoms with van der Waals surface area (Å²) in [6.07, 6.45) is 0.554. The minimum atomic E-state index is -3.69. The summed E-state index contributed by atoms with van der Waals surface area (Å²) in [5.74, 6) is 1.38. The van der Waals surface area contributed by atoms with Crippen molar-refractivity contribution in [3.63, 3.8) is 0 Å². The number of primary sulfonamides is 1. The first-order chi connectivity index (χ1) is 12.9. The maximum Gasteiger partial charge on any atom is 0.317 e. The number of nitrogens with two attached hydrogens (primary N) is 1. The van der Waals surface area contributed by atoms with E-state index in [0.717, 1.165) is 11.3 Å². The quantitative estimate of drug-likeness (QED) is 0.559. The molecule has 0 atom stereocenters. The van der Waals surface area contributed by atoms with Crippen LogP contribution in [0.3, 0.4) is 0 Å². The largest absolute Gasteiger partial charge is 0.494 e. The Morgan fingerprint density at radius 3 is 2.11 bits per heavy atom. The van der Waals surface area contributed by atoms with E-state index in [4.69, 9.17) is 14.6 Å². The van der Waals surface area contributed by atoms with Crippen molar-refractivity contribution in [2.75, 3.05) is 19.9 Å². The Morgan fingerprint density at radius 1 is 0.963 bits per heavy atom. The van der Waals surface area contributed by atoms with Crippen LogP contribution in [0.2, 0.25) is 0 Å². The lowest BCUT2D eigenvalue weighted by atomic mass is 10.1. The van der Waals surface area contributed by atoms with Gasteiger partial charge in [-0.2, -0.15) is 0 Å². The van der Waals surface area contributed by atoms with E-state index < -0.39 is 10.0 Å². The highest BCUT2D eigenvalue weighted by atomic mass is 32.2. The maximum atomic E-state index is 11.7. The molecule has 0 unspecified atom stereocenters.